The van der Waals surface area contributed by atoms with Crippen molar-refractivity contribution in [3.63, 3.8) is 0 Å². The first-order valence-corrected chi connectivity index (χ1v) is 15.0. The van der Waals surface area contributed by atoms with Crippen molar-refractivity contribution >= 4 is 35.2 Å². The summed E-state index contributed by atoms with van der Waals surface area (Å²) in [6, 6.07) is 0.382. The fourth-order valence-electron chi connectivity index (χ4n) is 6.66. The zero-order valence-electron chi connectivity index (χ0n) is 21.8. The highest BCUT2D eigenvalue weighted by Crippen LogP contribution is 2.38. The van der Waals surface area contributed by atoms with Gasteiger partial charge < -0.3 is 20.3 Å². The van der Waals surface area contributed by atoms with E-state index in [9.17, 15) is 18.4 Å². The molecule has 5 saturated heterocycles. The molecule has 2 amide bonds. The lowest BCUT2D eigenvalue weighted by atomic mass is 9.70. The van der Waals surface area contributed by atoms with Crippen LogP contribution < -0.4 is 31.9 Å². The van der Waals surface area contributed by atoms with Crippen LogP contribution in [0, 0.1) is 23.7 Å². The number of rotatable bonds is 6. The van der Waals surface area contributed by atoms with E-state index in [4.69, 9.17) is 16.3 Å². The fourth-order valence-corrected chi connectivity index (χ4v) is 8.37. The molecule has 5 heterocycles. The molecule has 0 aromatic rings. The lowest BCUT2D eigenvalue weighted by Crippen LogP contribution is -2.61. The number of amides is 2. The molecule has 10 nitrogen and oxygen atoms in total. The van der Waals surface area contributed by atoms with Crippen molar-refractivity contribution in [3.8, 4) is 0 Å². The van der Waals surface area contributed by atoms with Gasteiger partial charge in [0.2, 0.25) is 12.3 Å². The first kappa shape index (κ1) is 28.7. The zero-order chi connectivity index (χ0) is 27.0. The van der Waals surface area contributed by atoms with Crippen molar-refractivity contribution in [2.24, 2.45) is 23.7 Å². The maximum absolute atomic E-state index is 13.5. The van der Waals surface area contributed by atoms with E-state index in [2.05, 4.69) is 38.8 Å². The standard InChI is InChI=1S/C24H40ClF2N7O3S/c1-11-3-13(14-4-19(25)29-8-17(14)37-2)15(7-28-11)22(35)33-24-32-16-9-34(10-18(16)38-24)23(36)21-30-5-12(6-31-21)20(26)27/h11-21,24,28-32H,3-10H2,1-2H3,(H,33,35). The summed E-state index contributed by atoms with van der Waals surface area (Å²) in [5, 5.41) is 19.4. The average molecular weight is 580 g/mol. The highest BCUT2D eigenvalue weighted by Gasteiger charge is 2.47. The number of halogens is 3. The van der Waals surface area contributed by atoms with Gasteiger partial charge in [-0.1, -0.05) is 0 Å². The van der Waals surface area contributed by atoms with Gasteiger partial charge in [0.05, 0.1) is 17.5 Å². The Hall–Kier alpha value is -0.800. The molecule has 9 unspecified atom stereocenters. The van der Waals surface area contributed by atoms with E-state index >= 15 is 0 Å². The smallest absolute Gasteiger partial charge is 0.254 e. The number of methoxy groups -OCH3 is 1. The third-order valence-corrected chi connectivity index (χ3v) is 10.5. The van der Waals surface area contributed by atoms with Gasteiger partial charge in [0, 0.05) is 69.6 Å². The molecule has 216 valence electrons. The number of likely N-dealkylation sites (tertiary alicyclic amines) is 1. The van der Waals surface area contributed by atoms with E-state index in [0.29, 0.717) is 32.2 Å². The third kappa shape index (κ3) is 6.24. The number of alkyl halides is 3. The normalized spacial score (nSPS) is 43.7. The van der Waals surface area contributed by atoms with Crippen LogP contribution in [-0.4, -0.2) is 110 Å². The molecule has 6 N–H and O–H groups in total. The number of fused-ring (bicyclic) bond motifs is 1. The summed E-state index contributed by atoms with van der Waals surface area (Å²) < 4.78 is 31.6. The number of carbonyl (C=O) groups is 2. The second kappa shape index (κ2) is 12.4. The largest absolute Gasteiger partial charge is 0.380 e. The topological polar surface area (TPSA) is 119 Å². The molecule has 0 aromatic carbocycles. The SMILES string of the molecule is COC1CNC(Cl)CC1C1CC(C)NCC1C(=O)NC1NC2CN(C(=O)C3NCC(C(F)F)CN3)CC2S1. The Morgan fingerprint density at radius 3 is 2.50 bits per heavy atom. The summed E-state index contributed by atoms with van der Waals surface area (Å²) >= 11 is 8.08. The minimum Gasteiger partial charge on any atom is -0.380 e. The molecule has 0 aliphatic carbocycles. The Kier molecular flexibility index (Phi) is 9.35. The van der Waals surface area contributed by atoms with Gasteiger partial charge >= 0.3 is 0 Å². The Bertz CT molecular complexity index is 844. The molecule has 38 heavy (non-hydrogen) atoms. The Balaban J connectivity index is 1.13. The van der Waals surface area contributed by atoms with E-state index in [-0.39, 0.29) is 71.1 Å². The van der Waals surface area contributed by atoms with E-state index in [1.807, 2.05) is 0 Å². The molecule has 5 fully saturated rings. The van der Waals surface area contributed by atoms with Gasteiger partial charge in [-0.25, -0.2) is 8.78 Å². The van der Waals surface area contributed by atoms with Crippen molar-refractivity contribution in [1.29, 1.82) is 0 Å². The van der Waals surface area contributed by atoms with Gasteiger partial charge in [0.1, 0.15) is 11.7 Å². The summed E-state index contributed by atoms with van der Waals surface area (Å²) in [6.45, 7) is 4.76. The summed E-state index contributed by atoms with van der Waals surface area (Å²) in [5.74, 6) is -0.697. The molecular formula is C24H40ClF2N7O3S. The third-order valence-electron chi connectivity index (χ3n) is 8.81. The van der Waals surface area contributed by atoms with Crippen molar-refractivity contribution in [2.45, 2.75) is 66.8 Å². The lowest BCUT2D eigenvalue weighted by molar-refractivity contribution is -0.134. The monoisotopic (exact) mass is 579 g/mol. The predicted molar refractivity (Wildman–Crippen MR) is 142 cm³/mol. The number of ether oxygens (including phenoxy) is 1. The molecular weight excluding hydrogens is 540 g/mol. The van der Waals surface area contributed by atoms with Crippen LogP contribution in [0.1, 0.15) is 19.8 Å². The van der Waals surface area contributed by atoms with E-state index in [0.717, 1.165) is 12.8 Å². The van der Waals surface area contributed by atoms with Crippen LogP contribution >= 0.6 is 23.4 Å². The summed E-state index contributed by atoms with van der Waals surface area (Å²) in [5.41, 5.74) is -0.346. The summed E-state index contributed by atoms with van der Waals surface area (Å²) in [7, 11) is 1.72. The quantitative estimate of drug-likeness (QED) is 0.183. The second-order valence-electron chi connectivity index (χ2n) is 11.3. The minimum absolute atomic E-state index is 0.0202. The number of nitrogens with zero attached hydrogens (tertiary/aromatic N) is 1. The Morgan fingerprint density at radius 1 is 1.05 bits per heavy atom. The maximum atomic E-state index is 13.5. The van der Waals surface area contributed by atoms with Crippen LogP contribution in [0.2, 0.25) is 0 Å². The molecule has 14 heteroatoms. The summed E-state index contributed by atoms with van der Waals surface area (Å²) in [4.78, 5) is 28.2. The van der Waals surface area contributed by atoms with Crippen LogP contribution in [0.5, 0.6) is 0 Å². The molecule has 5 aliphatic rings. The number of hydrogen-bond donors (Lipinski definition) is 6. The highest BCUT2D eigenvalue weighted by molar-refractivity contribution is 8.00. The van der Waals surface area contributed by atoms with Crippen molar-refractivity contribution in [2.75, 3.05) is 46.4 Å². The van der Waals surface area contributed by atoms with E-state index in [1.54, 1.807) is 23.8 Å². The number of piperidine rings is 2. The average Bonchev–Trinajstić information content (AvgIpc) is 3.47. The van der Waals surface area contributed by atoms with Crippen LogP contribution in [0.3, 0.4) is 0 Å². The molecule has 0 radical (unpaired) electrons. The van der Waals surface area contributed by atoms with Crippen LogP contribution in [0.25, 0.3) is 0 Å². The molecule has 0 saturated carbocycles. The van der Waals surface area contributed by atoms with Crippen LogP contribution in [0.4, 0.5) is 8.78 Å². The fraction of sp³-hybridized carbons (Fsp3) is 0.917. The molecule has 0 bridgehead atoms. The number of carbonyl (C=O) groups excluding carboxylic acids is 2. The predicted octanol–water partition coefficient (Wildman–Crippen LogP) is -0.494. The maximum Gasteiger partial charge on any atom is 0.254 e. The molecule has 0 spiro atoms. The highest BCUT2D eigenvalue weighted by atomic mass is 35.5. The van der Waals surface area contributed by atoms with Crippen molar-refractivity contribution in [1.82, 2.24) is 36.8 Å². The zero-order valence-corrected chi connectivity index (χ0v) is 23.4. The van der Waals surface area contributed by atoms with E-state index < -0.39 is 18.5 Å². The first-order valence-electron chi connectivity index (χ1n) is 13.6. The van der Waals surface area contributed by atoms with E-state index in [1.165, 1.54) is 0 Å². The molecule has 5 rings (SSSR count). The van der Waals surface area contributed by atoms with Crippen molar-refractivity contribution in [3.05, 3.63) is 0 Å². The van der Waals surface area contributed by atoms with Gasteiger partial charge in [0.15, 0.2) is 0 Å². The van der Waals surface area contributed by atoms with Gasteiger partial charge in [-0.2, -0.15) is 0 Å². The summed E-state index contributed by atoms with van der Waals surface area (Å²) in [6.07, 6.45) is -1.38. The van der Waals surface area contributed by atoms with Gasteiger partial charge in [-0.15, -0.1) is 23.4 Å². The van der Waals surface area contributed by atoms with Gasteiger partial charge in [-0.3, -0.25) is 30.9 Å². The molecule has 0 aromatic heterocycles. The molecule has 5 aliphatic heterocycles. The van der Waals surface area contributed by atoms with Crippen molar-refractivity contribution < 1.29 is 23.1 Å². The number of thioether (sulfide) groups is 1. The van der Waals surface area contributed by atoms with Crippen LogP contribution in [0.15, 0.2) is 0 Å². The second-order valence-corrected chi connectivity index (χ2v) is 13.2. The van der Waals surface area contributed by atoms with Gasteiger partial charge in [-0.05, 0) is 31.6 Å². The first-order chi connectivity index (χ1) is 18.2. The van der Waals surface area contributed by atoms with Crippen LogP contribution in [-0.2, 0) is 14.3 Å². The number of hydrogen-bond acceptors (Lipinski definition) is 9. The lowest BCUT2D eigenvalue weighted by Gasteiger charge is -2.45. The minimum atomic E-state index is -2.41. The Labute approximate surface area is 231 Å². The Morgan fingerprint density at radius 2 is 1.82 bits per heavy atom. The number of nitrogens with one attached hydrogen (secondary N) is 6. The van der Waals surface area contributed by atoms with Gasteiger partial charge in [0.25, 0.3) is 5.91 Å². The molecule has 9 atom stereocenters.